The van der Waals surface area contributed by atoms with E-state index in [1.54, 1.807) is 22.1 Å². The minimum Gasteiger partial charge on any atom is -0.307 e. The fourth-order valence-corrected chi connectivity index (χ4v) is 2.84. The second-order valence-electron chi connectivity index (χ2n) is 5.95. The summed E-state index contributed by atoms with van der Waals surface area (Å²) in [6.45, 7) is 4.42. The van der Waals surface area contributed by atoms with Gasteiger partial charge in [-0.3, -0.25) is 27.9 Å². The van der Waals surface area contributed by atoms with Crippen LogP contribution < -0.4 is 11.2 Å². The van der Waals surface area contributed by atoms with Crippen molar-refractivity contribution < 1.29 is 9.59 Å². The van der Waals surface area contributed by atoms with Gasteiger partial charge in [-0.05, 0) is 20.8 Å². The van der Waals surface area contributed by atoms with Crippen LogP contribution in [0.2, 0.25) is 0 Å². The first-order chi connectivity index (χ1) is 11.2. The van der Waals surface area contributed by atoms with E-state index >= 15 is 0 Å². The lowest BCUT2D eigenvalue weighted by Gasteiger charge is -2.05. The van der Waals surface area contributed by atoms with Gasteiger partial charge < -0.3 is 4.57 Å². The molecule has 3 rings (SSSR count). The van der Waals surface area contributed by atoms with Crippen LogP contribution in [0.1, 0.15) is 19.5 Å². The molecular weight excluding hydrogens is 314 g/mol. The Morgan fingerprint density at radius 3 is 2.25 bits per heavy atom. The molecule has 0 saturated heterocycles. The molecule has 126 valence electrons. The van der Waals surface area contributed by atoms with E-state index in [0.717, 1.165) is 10.3 Å². The molecule has 9 nitrogen and oxygen atoms in total. The van der Waals surface area contributed by atoms with Gasteiger partial charge in [-0.15, -0.1) is 0 Å². The molecule has 3 heterocycles. The maximum absolute atomic E-state index is 12.7. The zero-order chi connectivity index (χ0) is 17.8. The number of carbonyl (C=O) groups is 2. The van der Waals surface area contributed by atoms with Gasteiger partial charge in [0.05, 0.1) is 13.1 Å². The largest absolute Gasteiger partial charge is 0.332 e. The topological polar surface area (TPSA) is 100 Å². The van der Waals surface area contributed by atoms with Crippen LogP contribution in [0.15, 0.2) is 15.8 Å². The number of Topliss-reactive ketones (excluding diaryl/α,β-unsaturated/α-hetero) is 2. The van der Waals surface area contributed by atoms with Gasteiger partial charge in [0.2, 0.25) is 5.78 Å². The van der Waals surface area contributed by atoms with Crippen LogP contribution in [-0.4, -0.2) is 34.7 Å². The number of ketones is 2. The third kappa shape index (κ3) is 2.20. The summed E-state index contributed by atoms with van der Waals surface area (Å²) in [6.07, 6.45) is 1.69. The molecule has 0 spiro atoms. The van der Waals surface area contributed by atoms with Crippen molar-refractivity contribution in [3.63, 3.8) is 0 Å². The maximum Gasteiger partial charge on any atom is 0.332 e. The van der Waals surface area contributed by atoms with Crippen LogP contribution in [-0.2, 0) is 29.7 Å². The van der Waals surface area contributed by atoms with Gasteiger partial charge in [0.25, 0.3) is 5.56 Å². The number of fused-ring (bicyclic) bond motifs is 3. The Morgan fingerprint density at radius 1 is 1.08 bits per heavy atom. The third-order valence-corrected chi connectivity index (χ3v) is 3.90. The Hall–Kier alpha value is -2.97. The molecule has 0 unspecified atom stereocenters. The number of nitrogens with zero attached hydrogens (tertiary/aromatic N) is 5. The Morgan fingerprint density at radius 2 is 1.67 bits per heavy atom. The third-order valence-electron chi connectivity index (χ3n) is 3.90. The minimum atomic E-state index is -0.599. The highest BCUT2D eigenvalue weighted by molar-refractivity contribution is 5.79. The number of imidazole rings is 2. The average Bonchev–Trinajstić information content (AvgIpc) is 2.98. The fourth-order valence-electron chi connectivity index (χ4n) is 2.84. The molecule has 0 aliphatic rings. The first-order valence-electron chi connectivity index (χ1n) is 7.39. The number of hydrogen-bond donors (Lipinski definition) is 0. The van der Waals surface area contributed by atoms with Crippen LogP contribution in [0.5, 0.6) is 0 Å². The van der Waals surface area contributed by atoms with Gasteiger partial charge in [-0.1, -0.05) is 0 Å². The standard InChI is InChI=1S/C15H17N5O4/c1-8-5-19-11-12(16-14(19)18(8)6-9(2)21)17(4)15(24)20(13(11)23)7-10(3)22/h5H,6-7H2,1-4H3. The number of rotatable bonds is 4. The van der Waals surface area contributed by atoms with Gasteiger partial charge in [-0.2, -0.15) is 4.98 Å². The molecule has 0 aliphatic heterocycles. The van der Waals surface area contributed by atoms with Gasteiger partial charge in [0.15, 0.2) is 11.2 Å². The van der Waals surface area contributed by atoms with Crippen molar-refractivity contribution in [2.75, 3.05) is 0 Å². The summed E-state index contributed by atoms with van der Waals surface area (Å²) < 4.78 is 5.38. The minimum absolute atomic E-state index is 0.0499. The van der Waals surface area contributed by atoms with Crippen LogP contribution in [0.4, 0.5) is 0 Å². The fraction of sp³-hybridized carbons (Fsp3) is 0.400. The molecule has 3 aromatic heterocycles. The van der Waals surface area contributed by atoms with Gasteiger partial charge in [-0.25, -0.2) is 4.79 Å². The predicted molar refractivity (Wildman–Crippen MR) is 86.3 cm³/mol. The molecular formula is C15H17N5O4. The molecule has 0 N–H and O–H groups in total. The van der Waals surface area contributed by atoms with E-state index in [2.05, 4.69) is 4.98 Å². The second kappa shape index (κ2) is 5.29. The molecule has 0 radical (unpaired) electrons. The lowest BCUT2D eigenvalue weighted by molar-refractivity contribution is -0.118. The monoisotopic (exact) mass is 331 g/mol. The maximum atomic E-state index is 12.7. The van der Waals surface area contributed by atoms with E-state index in [0.29, 0.717) is 5.78 Å². The molecule has 24 heavy (non-hydrogen) atoms. The summed E-state index contributed by atoms with van der Waals surface area (Å²) >= 11 is 0. The highest BCUT2D eigenvalue weighted by Gasteiger charge is 2.20. The van der Waals surface area contributed by atoms with Crippen LogP contribution in [0, 0.1) is 6.92 Å². The van der Waals surface area contributed by atoms with E-state index in [4.69, 9.17) is 0 Å². The van der Waals surface area contributed by atoms with Crippen molar-refractivity contribution in [3.8, 4) is 0 Å². The van der Waals surface area contributed by atoms with Crippen LogP contribution >= 0.6 is 0 Å². The summed E-state index contributed by atoms with van der Waals surface area (Å²) in [5.74, 6) is 0.0659. The highest BCUT2D eigenvalue weighted by Crippen LogP contribution is 2.16. The number of aromatic nitrogens is 5. The van der Waals surface area contributed by atoms with Crippen molar-refractivity contribution in [3.05, 3.63) is 32.7 Å². The predicted octanol–water partition coefficient (Wildman–Crippen LogP) is -0.364. The Bertz CT molecular complexity index is 1130. The zero-order valence-electron chi connectivity index (χ0n) is 13.9. The van der Waals surface area contributed by atoms with E-state index in [1.165, 1.54) is 25.5 Å². The molecule has 3 aromatic rings. The highest BCUT2D eigenvalue weighted by atomic mass is 16.2. The normalized spacial score (nSPS) is 11.5. The van der Waals surface area contributed by atoms with Crippen molar-refractivity contribution in [1.29, 1.82) is 0 Å². The summed E-state index contributed by atoms with van der Waals surface area (Å²) in [4.78, 5) is 52.3. The lowest BCUT2D eigenvalue weighted by Crippen LogP contribution is -2.40. The summed E-state index contributed by atoms with van der Waals surface area (Å²) in [5, 5.41) is 0. The zero-order valence-corrected chi connectivity index (χ0v) is 13.9. The van der Waals surface area contributed by atoms with Crippen LogP contribution in [0.3, 0.4) is 0 Å². The Balaban J connectivity index is 2.46. The first kappa shape index (κ1) is 15.9. The van der Waals surface area contributed by atoms with Gasteiger partial charge >= 0.3 is 5.69 Å². The molecule has 0 atom stereocenters. The van der Waals surface area contributed by atoms with Crippen molar-refractivity contribution in [2.45, 2.75) is 33.9 Å². The quantitative estimate of drug-likeness (QED) is 0.650. The Labute approximate surface area is 135 Å². The van der Waals surface area contributed by atoms with E-state index < -0.39 is 11.2 Å². The second-order valence-corrected chi connectivity index (χ2v) is 5.95. The lowest BCUT2D eigenvalue weighted by atomic mass is 10.4. The Kier molecular flexibility index (Phi) is 3.51. The van der Waals surface area contributed by atoms with Crippen molar-refractivity contribution >= 4 is 28.5 Å². The number of aryl methyl sites for hydroxylation is 2. The molecule has 0 saturated carbocycles. The number of carbonyl (C=O) groups excluding carboxylic acids is 2. The summed E-state index contributed by atoms with van der Waals surface area (Å²) in [7, 11) is 1.50. The van der Waals surface area contributed by atoms with Crippen molar-refractivity contribution in [1.82, 2.24) is 23.1 Å². The molecule has 9 heteroatoms. The van der Waals surface area contributed by atoms with E-state index in [-0.39, 0.29) is 35.8 Å². The SMILES string of the molecule is CC(=O)Cn1c(=O)c2c(nc3n(CC(C)=O)c(C)cn23)n(C)c1=O. The summed E-state index contributed by atoms with van der Waals surface area (Å²) in [6, 6.07) is 0. The molecule has 0 aromatic carbocycles. The molecule has 0 fully saturated rings. The van der Waals surface area contributed by atoms with Gasteiger partial charge in [0.1, 0.15) is 11.6 Å². The number of hydrogen-bond acceptors (Lipinski definition) is 5. The van der Waals surface area contributed by atoms with E-state index in [9.17, 15) is 19.2 Å². The summed E-state index contributed by atoms with van der Waals surface area (Å²) in [5.41, 5.74) is 0.0193. The first-order valence-corrected chi connectivity index (χ1v) is 7.39. The average molecular weight is 331 g/mol. The molecule has 0 amide bonds. The smallest absolute Gasteiger partial charge is 0.307 e. The van der Waals surface area contributed by atoms with Crippen molar-refractivity contribution in [2.24, 2.45) is 7.05 Å². The van der Waals surface area contributed by atoms with Gasteiger partial charge in [0, 0.05) is 18.9 Å². The molecule has 0 aliphatic carbocycles. The molecule has 0 bridgehead atoms. The van der Waals surface area contributed by atoms with E-state index in [1.807, 2.05) is 0 Å². The van der Waals surface area contributed by atoms with Crippen LogP contribution in [0.25, 0.3) is 16.9 Å².